The number of ether oxygens (including phenoxy) is 2. The fraction of sp³-hybridized carbons (Fsp3) is 0.625. The van der Waals surface area contributed by atoms with Crippen LogP contribution in [0.4, 0.5) is 0 Å². The van der Waals surface area contributed by atoms with Crippen molar-refractivity contribution < 1.29 is 14.6 Å². The Morgan fingerprint density at radius 3 is 2.90 bits per heavy atom. The standard InChI is InChI=1S/C16H23NO3/c1-11-9-16(6-7-17(11)2)10-14(18)13-8-12(19-3)4-5-15(13)20-16/h4-5,8,11,14,18H,6-7,9-10H2,1-3H3/t11?,14-,16?/m0/s1. The first kappa shape index (κ1) is 13.7. The summed E-state index contributed by atoms with van der Waals surface area (Å²) in [5.41, 5.74) is 0.633. The molecule has 4 nitrogen and oxygen atoms in total. The molecule has 0 aliphatic carbocycles. The summed E-state index contributed by atoms with van der Waals surface area (Å²) in [6.07, 6.45) is 2.14. The van der Waals surface area contributed by atoms with E-state index in [0.29, 0.717) is 12.5 Å². The number of piperidine rings is 1. The molecule has 1 aromatic carbocycles. The Kier molecular flexibility index (Phi) is 3.38. The highest BCUT2D eigenvalue weighted by Gasteiger charge is 2.44. The molecule has 2 aliphatic heterocycles. The van der Waals surface area contributed by atoms with Gasteiger partial charge in [-0.2, -0.15) is 0 Å². The second kappa shape index (κ2) is 4.93. The van der Waals surface area contributed by atoms with Crippen LogP contribution < -0.4 is 9.47 Å². The molecule has 4 heteroatoms. The molecule has 2 heterocycles. The quantitative estimate of drug-likeness (QED) is 0.855. The number of aliphatic hydroxyl groups is 1. The van der Waals surface area contributed by atoms with Crippen molar-refractivity contribution in [2.45, 2.75) is 43.9 Å². The lowest BCUT2D eigenvalue weighted by Gasteiger charge is -2.47. The molecule has 0 aromatic heterocycles. The number of rotatable bonds is 1. The second-order valence-corrected chi connectivity index (χ2v) is 6.19. The first-order valence-electron chi connectivity index (χ1n) is 7.28. The highest BCUT2D eigenvalue weighted by Crippen LogP contribution is 2.46. The van der Waals surface area contributed by atoms with E-state index in [0.717, 1.165) is 36.4 Å². The van der Waals surface area contributed by atoms with Gasteiger partial charge in [-0.25, -0.2) is 0 Å². The van der Waals surface area contributed by atoms with Crippen LogP contribution in [0.1, 0.15) is 37.9 Å². The Morgan fingerprint density at radius 1 is 1.40 bits per heavy atom. The van der Waals surface area contributed by atoms with Gasteiger partial charge in [-0.3, -0.25) is 0 Å². The molecule has 20 heavy (non-hydrogen) atoms. The average Bonchev–Trinajstić information content (AvgIpc) is 2.43. The number of aliphatic hydroxyl groups excluding tert-OH is 1. The molecule has 1 saturated heterocycles. The highest BCUT2D eigenvalue weighted by atomic mass is 16.5. The summed E-state index contributed by atoms with van der Waals surface area (Å²) >= 11 is 0. The third-order valence-corrected chi connectivity index (χ3v) is 4.81. The summed E-state index contributed by atoms with van der Waals surface area (Å²) in [6.45, 7) is 3.24. The van der Waals surface area contributed by atoms with Gasteiger partial charge in [-0.05, 0) is 38.6 Å². The molecule has 0 radical (unpaired) electrons. The number of hydrogen-bond acceptors (Lipinski definition) is 4. The Bertz CT molecular complexity index is 504. The molecular weight excluding hydrogens is 254 g/mol. The van der Waals surface area contributed by atoms with Crippen LogP contribution in [0.15, 0.2) is 18.2 Å². The smallest absolute Gasteiger partial charge is 0.126 e. The van der Waals surface area contributed by atoms with Crippen LogP contribution in [0.25, 0.3) is 0 Å². The van der Waals surface area contributed by atoms with E-state index in [1.54, 1.807) is 7.11 Å². The van der Waals surface area contributed by atoms with E-state index < -0.39 is 6.10 Å². The lowest BCUT2D eigenvalue weighted by Crippen LogP contribution is -2.52. The van der Waals surface area contributed by atoms with Crippen LogP contribution in [-0.4, -0.2) is 42.4 Å². The number of nitrogens with zero attached hydrogens (tertiary/aromatic N) is 1. The van der Waals surface area contributed by atoms with Crippen molar-refractivity contribution in [3.8, 4) is 11.5 Å². The zero-order valence-corrected chi connectivity index (χ0v) is 12.4. The van der Waals surface area contributed by atoms with E-state index in [-0.39, 0.29) is 5.60 Å². The molecular formula is C16H23NO3. The maximum Gasteiger partial charge on any atom is 0.126 e. The van der Waals surface area contributed by atoms with Crippen LogP contribution >= 0.6 is 0 Å². The molecule has 2 aliphatic rings. The minimum Gasteiger partial charge on any atom is -0.497 e. The summed E-state index contributed by atoms with van der Waals surface area (Å²) in [6, 6.07) is 6.17. The average molecular weight is 277 g/mol. The zero-order chi connectivity index (χ0) is 14.3. The van der Waals surface area contributed by atoms with Gasteiger partial charge in [0.1, 0.15) is 17.1 Å². The molecule has 3 rings (SSSR count). The maximum atomic E-state index is 10.5. The molecule has 1 spiro atoms. The van der Waals surface area contributed by atoms with Gasteiger partial charge in [-0.1, -0.05) is 0 Å². The van der Waals surface area contributed by atoms with Gasteiger partial charge in [0.25, 0.3) is 0 Å². The van der Waals surface area contributed by atoms with Crippen LogP contribution in [-0.2, 0) is 0 Å². The SMILES string of the molecule is COc1ccc2c(c1)[C@@H](O)CC1(CCN(C)C(C)C1)O2. The van der Waals surface area contributed by atoms with Gasteiger partial charge < -0.3 is 19.5 Å². The molecule has 0 amide bonds. The van der Waals surface area contributed by atoms with Gasteiger partial charge >= 0.3 is 0 Å². The van der Waals surface area contributed by atoms with Crippen molar-refractivity contribution in [3.63, 3.8) is 0 Å². The van der Waals surface area contributed by atoms with Crippen molar-refractivity contribution in [2.24, 2.45) is 0 Å². The van der Waals surface area contributed by atoms with E-state index in [1.807, 2.05) is 18.2 Å². The predicted octanol–water partition coefficient (Wildman–Crippen LogP) is 2.36. The van der Waals surface area contributed by atoms with Gasteiger partial charge in [0.2, 0.25) is 0 Å². The number of hydrogen-bond donors (Lipinski definition) is 1. The molecule has 1 fully saturated rings. The second-order valence-electron chi connectivity index (χ2n) is 6.19. The zero-order valence-electron chi connectivity index (χ0n) is 12.4. The fourth-order valence-electron chi connectivity index (χ4n) is 3.42. The van der Waals surface area contributed by atoms with Gasteiger partial charge in [0.05, 0.1) is 13.2 Å². The summed E-state index contributed by atoms with van der Waals surface area (Å²) in [7, 11) is 3.79. The third-order valence-electron chi connectivity index (χ3n) is 4.81. The Morgan fingerprint density at radius 2 is 2.20 bits per heavy atom. The molecule has 3 atom stereocenters. The van der Waals surface area contributed by atoms with Gasteiger partial charge in [-0.15, -0.1) is 0 Å². The minimum atomic E-state index is -0.468. The maximum absolute atomic E-state index is 10.5. The molecule has 0 bridgehead atoms. The minimum absolute atomic E-state index is 0.215. The lowest BCUT2D eigenvalue weighted by molar-refractivity contribution is -0.0646. The van der Waals surface area contributed by atoms with Crippen LogP contribution in [0.3, 0.4) is 0 Å². The Labute approximate surface area is 120 Å². The highest BCUT2D eigenvalue weighted by molar-refractivity contribution is 5.43. The van der Waals surface area contributed by atoms with E-state index in [2.05, 4.69) is 18.9 Å². The molecule has 1 aromatic rings. The van der Waals surface area contributed by atoms with Crippen molar-refractivity contribution in [3.05, 3.63) is 23.8 Å². The van der Waals surface area contributed by atoms with Gasteiger partial charge in [0.15, 0.2) is 0 Å². The number of fused-ring (bicyclic) bond motifs is 1. The number of benzene rings is 1. The number of methoxy groups -OCH3 is 1. The van der Waals surface area contributed by atoms with Crippen LogP contribution in [0.5, 0.6) is 11.5 Å². The van der Waals surface area contributed by atoms with E-state index >= 15 is 0 Å². The fourth-order valence-corrected chi connectivity index (χ4v) is 3.42. The largest absolute Gasteiger partial charge is 0.497 e. The van der Waals surface area contributed by atoms with Crippen LogP contribution in [0.2, 0.25) is 0 Å². The normalized spacial score (nSPS) is 33.6. The first-order valence-corrected chi connectivity index (χ1v) is 7.28. The Balaban J connectivity index is 1.89. The first-order chi connectivity index (χ1) is 9.53. The third kappa shape index (κ3) is 2.27. The topological polar surface area (TPSA) is 41.9 Å². The Hall–Kier alpha value is -1.26. The summed E-state index contributed by atoms with van der Waals surface area (Å²) < 4.78 is 11.5. The van der Waals surface area contributed by atoms with Crippen molar-refractivity contribution >= 4 is 0 Å². The van der Waals surface area contributed by atoms with Crippen molar-refractivity contribution in [1.82, 2.24) is 4.90 Å². The van der Waals surface area contributed by atoms with E-state index in [1.165, 1.54) is 0 Å². The molecule has 1 N–H and O–H groups in total. The molecule has 2 unspecified atom stereocenters. The number of likely N-dealkylation sites (tertiary alicyclic amines) is 1. The molecule has 0 saturated carbocycles. The summed E-state index contributed by atoms with van der Waals surface area (Å²) in [5, 5.41) is 10.5. The lowest BCUT2D eigenvalue weighted by atomic mass is 9.79. The van der Waals surface area contributed by atoms with E-state index in [9.17, 15) is 5.11 Å². The van der Waals surface area contributed by atoms with Crippen LogP contribution in [0, 0.1) is 0 Å². The van der Waals surface area contributed by atoms with Crippen molar-refractivity contribution in [2.75, 3.05) is 20.7 Å². The van der Waals surface area contributed by atoms with E-state index in [4.69, 9.17) is 9.47 Å². The summed E-state index contributed by atoms with van der Waals surface area (Å²) in [4.78, 5) is 2.35. The van der Waals surface area contributed by atoms with Gasteiger partial charge in [0, 0.05) is 31.0 Å². The van der Waals surface area contributed by atoms with Crippen molar-refractivity contribution in [1.29, 1.82) is 0 Å². The summed E-state index contributed by atoms with van der Waals surface area (Å²) in [5.74, 6) is 1.57. The monoisotopic (exact) mass is 277 g/mol. The predicted molar refractivity (Wildman–Crippen MR) is 77.3 cm³/mol. The molecule has 110 valence electrons.